The van der Waals surface area contributed by atoms with Gasteiger partial charge < -0.3 is 8.98 Å². The van der Waals surface area contributed by atoms with Gasteiger partial charge in [-0.3, -0.25) is 19.7 Å². The van der Waals surface area contributed by atoms with Crippen molar-refractivity contribution in [2.45, 2.75) is 6.54 Å². The maximum Gasteiger partial charge on any atom is 0.270 e. The highest BCUT2D eigenvalue weighted by atomic mass is 79.9. The van der Waals surface area contributed by atoms with Gasteiger partial charge in [0.15, 0.2) is 5.43 Å². The van der Waals surface area contributed by atoms with Gasteiger partial charge in [-0.1, -0.05) is 24.3 Å². The number of rotatable bonds is 6. The molecule has 0 unspecified atom stereocenters. The first-order chi connectivity index (χ1) is 17.4. The van der Waals surface area contributed by atoms with Crippen molar-refractivity contribution in [3.8, 4) is 11.3 Å². The summed E-state index contributed by atoms with van der Waals surface area (Å²) in [5, 5.41) is 16.0. The zero-order valence-electron chi connectivity index (χ0n) is 18.6. The first-order valence-corrected chi connectivity index (χ1v) is 11.6. The van der Waals surface area contributed by atoms with Crippen LogP contribution in [0.1, 0.15) is 5.76 Å². The minimum absolute atomic E-state index is 0.0370. The minimum Gasteiger partial charge on any atom is -0.455 e. The summed E-state index contributed by atoms with van der Waals surface area (Å²) >= 11 is 3.33. The van der Waals surface area contributed by atoms with Gasteiger partial charge in [0.2, 0.25) is 0 Å². The lowest BCUT2D eigenvalue weighted by Crippen LogP contribution is -2.25. The molecule has 0 bridgehead atoms. The predicted octanol–water partition coefficient (Wildman–Crippen LogP) is 5.24. The van der Waals surface area contributed by atoms with Gasteiger partial charge in [0.25, 0.3) is 11.6 Å². The van der Waals surface area contributed by atoms with Gasteiger partial charge in [-0.15, -0.1) is 0 Å². The van der Waals surface area contributed by atoms with Gasteiger partial charge in [-0.2, -0.15) is 5.10 Å². The Morgan fingerprint density at radius 3 is 2.33 bits per heavy atom. The van der Waals surface area contributed by atoms with E-state index in [-0.39, 0.29) is 23.6 Å². The molecule has 0 atom stereocenters. The van der Waals surface area contributed by atoms with E-state index < -0.39 is 4.92 Å². The molecule has 0 radical (unpaired) electrons. The maximum absolute atomic E-state index is 12.8. The molecular weight excluding hydrogens is 528 g/mol. The number of nitro benzene ring substituents is 1. The van der Waals surface area contributed by atoms with Crippen LogP contribution >= 0.6 is 15.9 Å². The summed E-state index contributed by atoms with van der Waals surface area (Å²) in [6.07, 6.45) is 1.36. The zero-order valence-corrected chi connectivity index (χ0v) is 20.1. The first kappa shape index (κ1) is 23.2. The van der Waals surface area contributed by atoms with Gasteiger partial charge in [0.05, 0.1) is 22.2 Å². The average molecular weight is 545 g/mol. The molecule has 0 fully saturated rings. The number of fused-ring (bicyclic) bond motifs is 2. The molecule has 1 N–H and O–H groups in total. The highest BCUT2D eigenvalue weighted by molar-refractivity contribution is 9.10. The van der Waals surface area contributed by atoms with E-state index in [1.165, 1.54) is 18.3 Å². The van der Waals surface area contributed by atoms with E-state index in [0.29, 0.717) is 43.4 Å². The Balaban J connectivity index is 1.34. The lowest BCUT2D eigenvalue weighted by molar-refractivity contribution is -0.384. The van der Waals surface area contributed by atoms with Crippen molar-refractivity contribution in [2.24, 2.45) is 5.10 Å². The second kappa shape index (κ2) is 9.59. The summed E-state index contributed by atoms with van der Waals surface area (Å²) in [5.41, 5.74) is 4.33. The van der Waals surface area contributed by atoms with Crippen molar-refractivity contribution in [3.63, 3.8) is 0 Å². The van der Waals surface area contributed by atoms with Crippen LogP contribution in [0.5, 0.6) is 0 Å². The summed E-state index contributed by atoms with van der Waals surface area (Å²) in [5.74, 6) is 0.487. The number of nitrogens with zero attached hydrogens (tertiary/aromatic N) is 3. The number of hydrogen-bond donors (Lipinski definition) is 1. The van der Waals surface area contributed by atoms with Crippen molar-refractivity contribution in [3.05, 3.63) is 109 Å². The molecule has 10 heteroatoms. The quantitative estimate of drug-likeness (QED) is 0.136. The summed E-state index contributed by atoms with van der Waals surface area (Å²) < 4.78 is 8.04. The van der Waals surface area contributed by atoms with Crippen LogP contribution in [0.25, 0.3) is 33.1 Å². The molecule has 3 aromatic carbocycles. The number of pyridine rings is 1. The molecule has 0 saturated heterocycles. The van der Waals surface area contributed by atoms with E-state index in [1.54, 1.807) is 59.2 Å². The Bertz CT molecular complexity index is 1680. The molecule has 0 aliphatic carbocycles. The summed E-state index contributed by atoms with van der Waals surface area (Å²) in [4.78, 5) is 36.0. The fourth-order valence-corrected chi connectivity index (χ4v) is 4.54. The van der Waals surface area contributed by atoms with Crippen molar-refractivity contribution < 1.29 is 14.1 Å². The lowest BCUT2D eigenvalue weighted by atomic mass is 10.1. The van der Waals surface area contributed by atoms with Crippen LogP contribution in [-0.2, 0) is 11.3 Å². The number of carbonyl (C=O) groups is 1. The standard InChI is InChI=1S/C26H17BrN4O5/c27-21-13-16(31(34)35)9-11-18(21)24-12-10-17(36-24)14-28-29-25(32)15-30-22-7-3-1-5-19(22)26(33)20-6-2-4-8-23(20)30/h1-14H,15H2,(H,29,32)/b28-14+. The second-order valence-corrected chi connectivity index (χ2v) is 8.72. The van der Waals surface area contributed by atoms with Crippen molar-refractivity contribution >= 4 is 55.5 Å². The predicted molar refractivity (Wildman–Crippen MR) is 140 cm³/mol. The number of hydrogen-bond acceptors (Lipinski definition) is 6. The Morgan fingerprint density at radius 2 is 1.69 bits per heavy atom. The lowest BCUT2D eigenvalue weighted by Gasteiger charge is -2.14. The van der Waals surface area contributed by atoms with Gasteiger partial charge in [-0.05, 0) is 58.4 Å². The molecule has 0 aliphatic rings. The first-order valence-electron chi connectivity index (χ1n) is 10.8. The number of hydrazone groups is 1. The highest BCUT2D eigenvalue weighted by Gasteiger charge is 2.14. The Hall–Kier alpha value is -4.57. The van der Waals surface area contributed by atoms with Crippen molar-refractivity contribution in [1.29, 1.82) is 0 Å². The van der Waals surface area contributed by atoms with Crippen LogP contribution in [0.4, 0.5) is 5.69 Å². The number of non-ortho nitro benzene ring substituents is 1. The zero-order chi connectivity index (χ0) is 25.2. The second-order valence-electron chi connectivity index (χ2n) is 7.87. The average Bonchev–Trinajstić information content (AvgIpc) is 3.35. The van der Waals surface area contributed by atoms with Crippen molar-refractivity contribution in [1.82, 2.24) is 9.99 Å². The molecule has 5 aromatic rings. The molecule has 178 valence electrons. The Morgan fingerprint density at radius 1 is 1.03 bits per heavy atom. The van der Waals surface area contributed by atoms with E-state index in [1.807, 2.05) is 12.1 Å². The molecule has 2 aromatic heterocycles. The topological polar surface area (TPSA) is 120 Å². The van der Waals surface area contributed by atoms with Crippen LogP contribution < -0.4 is 10.9 Å². The summed E-state index contributed by atoms with van der Waals surface area (Å²) in [7, 11) is 0. The minimum atomic E-state index is -0.476. The third-order valence-electron chi connectivity index (χ3n) is 5.62. The van der Waals surface area contributed by atoms with E-state index in [9.17, 15) is 19.7 Å². The molecule has 1 amide bonds. The molecule has 0 aliphatic heterocycles. The van der Waals surface area contributed by atoms with Gasteiger partial charge >= 0.3 is 0 Å². The molecule has 36 heavy (non-hydrogen) atoms. The van der Waals surface area contributed by atoms with Crippen LogP contribution in [0.15, 0.2) is 97.6 Å². The van der Waals surface area contributed by atoms with Gasteiger partial charge in [-0.25, -0.2) is 5.43 Å². The van der Waals surface area contributed by atoms with Crippen LogP contribution in [0, 0.1) is 10.1 Å². The van der Waals surface area contributed by atoms with Crippen LogP contribution in [0.2, 0.25) is 0 Å². The fourth-order valence-electron chi connectivity index (χ4n) is 3.98. The molecule has 0 spiro atoms. The monoisotopic (exact) mass is 544 g/mol. The molecule has 0 saturated carbocycles. The van der Waals surface area contributed by atoms with E-state index in [4.69, 9.17) is 4.42 Å². The third kappa shape index (κ3) is 4.41. The fraction of sp³-hybridized carbons (Fsp3) is 0.0385. The number of furan rings is 1. The SMILES string of the molecule is O=C(Cn1c2ccccc2c(=O)c2ccccc21)N/N=C/c1ccc(-c2ccc([N+](=O)[O-])cc2Br)o1. The number of nitrogens with one attached hydrogen (secondary N) is 1. The Kier molecular flexibility index (Phi) is 6.17. The molecule has 5 rings (SSSR count). The third-order valence-corrected chi connectivity index (χ3v) is 6.27. The molecule has 2 heterocycles. The number of benzene rings is 3. The number of aromatic nitrogens is 1. The number of carbonyl (C=O) groups excluding carboxylic acids is 1. The van der Waals surface area contributed by atoms with Crippen LogP contribution in [-0.4, -0.2) is 21.6 Å². The molecular formula is C26H17BrN4O5. The molecule has 9 nitrogen and oxygen atoms in total. The van der Waals surface area contributed by atoms with Gasteiger partial charge in [0.1, 0.15) is 18.1 Å². The highest BCUT2D eigenvalue weighted by Crippen LogP contribution is 2.32. The largest absolute Gasteiger partial charge is 0.455 e. The smallest absolute Gasteiger partial charge is 0.270 e. The number of halogens is 1. The maximum atomic E-state index is 12.8. The van der Waals surface area contributed by atoms with E-state index in [0.717, 1.165) is 0 Å². The number of amides is 1. The normalized spacial score (nSPS) is 11.4. The number of para-hydroxylation sites is 2. The summed E-state index contributed by atoms with van der Waals surface area (Å²) in [6.45, 7) is -0.0439. The van der Waals surface area contributed by atoms with Crippen molar-refractivity contribution in [2.75, 3.05) is 0 Å². The Labute approximate surface area is 211 Å². The summed E-state index contributed by atoms with van der Waals surface area (Å²) in [6, 6.07) is 22.1. The number of nitro groups is 1. The van der Waals surface area contributed by atoms with E-state index >= 15 is 0 Å². The van der Waals surface area contributed by atoms with E-state index in [2.05, 4.69) is 26.5 Å². The van der Waals surface area contributed by atoms with Gasteiger partial charge in [0, 0.05) is 32.9 Å². The van der Waals surface area contributed by atoms with Crippen LogP contribution in [0.3, 0.4) is 0 Å².